The van der Waals surface area contributed by atoms with Crippen LogP contribution in [0.15, 0.2) is 168 Å². The first kappa shape index (κ1) is 92.3. The molecule has 0 saturated carbocycles. The molecule has 0 aliphatic heterocycles. The van der Waals surface area contributed by atoms with Crippen molar-refractivity contribution in [2.45, 2.75) is 114 Å². The van der Waals surface area contributed by atoms with Crippen molar-refractivity contribution >= 4 is 170 Å². The van der Waals surface area contributed by atoms with Crippen molar-refractivity contribution in [1.82, 2.24) is 67.4 Å². The zero-order valence-electron chi connectivity index (χ0n) is 70.5. The Hall–Kier alpha value is -10.4. The van der Waals surface area contributed by atoms with Gasteiger partial charge >= 0.3 is 0 Å². The highest BCUT2D eigenvalue weighted by molar-refractivity contribution is 9.10. The highest BCUT2D eigenvalue weighted by Gasteiger charge is 2.32. The van der Waals surface area contributed by atoms with E-state index in [-0.39, 0.29) is 23.7 Å². The van der Waals surface area contributed by atoms with Gasteiger partial charge in [-0.1, -0.05) is 151 Å². The van der Waals surface area contributed by atoms with E-state index in [9.17, 15) is 0 Å². The number of halogens is 10. The number of anilines is 4. The largest absolute Gasteiger partial charge is 0.493 e. The van der Waals surface area contributed by atoms with Crippen LogP contribution in [0.5, 0.6) is 28.9 Å². The molecular weight excluding hydrogens is 1880 g/mol. The van der Waals surface area contributed by atoms with E-state index >= 15 is 0 Å². The Labute approximate surface area is 780 Å². The van der Waals surface area contributed by atoms with Gasteiger partial charge in [-0.15, -0.1) is 0 Å². The lowest BCUT2D eigenvalue weighted by Crippen LogP contribution is -2.08. The Morgan fingerprint density at radius 3 is 0.904 bits per heavy atom. The molecule has 646 valence electrons. The fourth-order valence-corrected chi connectivity index (χ4v) is 18.1. The summed E-state index contributed by atoms with van der Waals surface area (Å²) in [5, 5.41) is 4.55. The van der Waals surface area contributed by atoms with Gasteiger partial charge in [-0.25, -0.2) is 44.9 Å². The monoisotopic (exact) mass is 1960 g/mol. The van der Waals surface area contributed by atoms with Crippen LogP contribution in [0.4, 0.5) is 23.3 Å². The molecule has 0 saturated heterocycles. The summed E-state index contributed by atoms with van der Waals surface area (Å²) in [4.78, 5) is 44.1. The fourth-order valence-electron chi connectivity index (χ4n) is 15.3. The number of nitrogens with zero attached hydrogens (tertiary/aromatic N) is 14. The van der Waals surface area contributed by atoms with Crippen molar-refractivity contribution in [3.05, 3.63) is 282 Å². The topological polar surface area (TPSA) is 297 Å². The number of benzene rings is 6. The number of hydrogen-bond acceptors (Lipinski definition) is 19. The Morgan fingerprint density at radius 1 is 0.352 bits per heavy atom. The summed E-state index contributed by atoms with van der Waals surface area (Å²) in [7, 11) is 1.59. The summed E-state index contributed by atoms with van der Waals surface area (Å²) in [5.74, 6) is 7.46. The molecule has 0 spiro atoms. The molecule has 0 aliphatic rings. The fraction of sp³-hybridized carbons (Fsp3) is 0.239. The minimum Gasteiger partial charge on any atom is -0.493 e. The van der Waals surface area contributed by atoms with Crippen molar-refractivity contribution in [2.75, 3.05) is 56.5 Å². The number of hydrogen-bond donors (Lipinski definition) is 4. The van der Waals surface area contributed by atoms with E-state index in [0.29, 0.717) is 116 Å². The standard InChI is InChI=1S/C23H21BrCl2N4O.C23H23BrClN5O2.C23H21Cl3N4O.C23H23Cl2N5O/c1-4-31-20-16(11-17(26)13(3)18(20)14-5-7-15(25)8-6-14)12(2)23-29-21(24)19-22(27)28-9-10-30(19)23;1-5-32-20-15(12(2)23-29-21(24)19-22(26)27-8-9-30(19)23)10-16(25)13(3)18(20)14-6-7-17(31-4)28-11-14;1-4-31-20-16(11-17(25)13(3)18(20)14-5-7-15(24)8-6-14)12(2)23-29-21(26)19-22(27)28-9-10-30(19)23;1-5-31-20-16(10-17(24)14(4)18(20)15-7-6-12(2)28-11-15)13(3)23-29-21(25)19-22(26)27-8-9-30(19)23/h5-12H,4H2,1-3H3,(H2,27,28);6-12H,5H2,1-4H3,(H2,26,27);5-12H,4H2,1-3H3,(H2,27,28);6-11,13H,5H2,1-4H3,(H2,26,27). The van der Waals surface area contributed by atoms with Crippen LogP contribution in [0.1, 0.15) is 153 Å². The molecule has 10 aromatic heterocycles. The molecule has 125 heavy (non-hydrogen) atoms. The lowest BCUT2D eigenvalue weighted by molar-refractivity contribution is 0.336. The Morgan fingerprint density at radius 2 is 0.624 bits per heavy atom. The van der Waals surface area contributed by atoms with Crippen molar-refractivity contribution < 1.29 is 23.7 Å². The van der Waals surface area contributed by atoms with E-state index < -0.39 is 0 Å². The minimum absolute atomic E-state index is 0.133. The molecule has 10 heterocycles. The molecule has 16 rings (SSSR count). The molecule has 0 fully saturated rings. The second-order valence-electron chi connectivity index (χ2n) is 29.2. The van der Waals surface area contributed by atoms with Gasteiger partial charge in [0.05, 0.1) is 33.5 Å². The number of fused-ring (bicyclic) bond motifs is 4. The minimum atomic E-state index is -0.187. The maximum atomic E-state index is 6.71. The van der Waals surface area contributed by atoms with E-state index in [0.717, 1.165) is 152 Å². The summed E-state index contributed by atoms with van der Waals surface area (Å²) in [6.45, 7) is 28.0. The van der Waals surface area contributed by atoms with Gasteiger partial charge in [0, 0.05) is 183 Å². The number of pyridine rings is 2. The van der Waals surface area contributed by atoms with Crippen LogP contribution in [0.2, 0.25) is 40.4 Å². The molecule has 0 aliphatic carbocycles. The SMILES string of the molecule is CCOc1c(C(C)c2nc(Br)c3c(N)nccn23)cc(Cl)c(C)c1-c1ccc(Cl)cc1.CCOc1c(C(C)c2nc(Br)c3c(N)nccn23)cc(Cl)c(C)c1-c1ccc(OC)nc1.CCOc1c(C(C)c2nc(Cl)c3c(N)nccn23)cc(Cl)c(C)c1-c1ccc(C)nc1.CCOc1c(C(C)c2nc(Cl)c3c(N)nccn23)cc(Cl)c(C)c1-c1ccc(Cl)cc1. The Balaban J connectivity index is 0.000000143. The first-order valence-electron chi connectivity index (χ1n) is 39.8. The number of rotatable bonds is 21. The van der Waals surface area contributed by atoms with Crippen molar-refractivity contribution in [3.63, 3.8) is 0 Å². The number of methoxy groups -OCH3 is 1. The molecule has 0 bridgehead atoms. The summed E-state index contributed by atoms with van der Waals surface area (Å²) in [6, 6.07) is 30.9. The average Bonchev–Trinajstić information content (AvgIpc) is 1.73. The third-order valence-corrected chi connectivity index (χ3v) is 25.3. The van der Waals surface area contributed by atoms with Gasteiger partial charge in [0.1, 0.15) is 77.6 Å². The molecule has 0 radical (unpaired) electrons. The molecule has 4 atom stereocenters. The van der Waals surface area contributed by atoms with Crippen LogP contribution in [-0.2, 0) is 0 Å². The van der Waals surface area contributed by atoms with Gasteiger partial charge < -0.3 is 46.6 Å². The average molecular weight is 1970 g/mol. The third kappa shape index (κ3) is 18.6. The highest BCUT2D eigenvalue weighted by atomic mass is 79.9. The van der Waals surface area contributed by atoms with Crippen molar-refractivity contribution in [3.8, 4) is 73.4 Å². The third-order valence-electron chi connectivity index (χ3n) is 21.6. The van der Waals surface area contributed by atoms with Crippen LogP contribution in [0, 0.1) is 34.6 Å². The summed E-state index contributed by atoms with van der Waals surface area (Å²) in [5.41, 5.74) is 42.7. The van der Waals surface area contributed by atoms with Gasteiger partial charge in [0.2, 0.25) is 5.88 Å². The quantitative estimate of drug-likeness (QED) is 0.0520. The smallest absolute Gasteiger partial charge is 0.212 e. The molecule has 8 N–H and O–H groups in total. The van der Waals surface area contributed by atoms with Crippen molar-refractivity contribution in [2.24, 2.45) is 0 Å². The van der Waals surface area contributed by atoms with Gasteiger partial charge in [-0.2, -0.15) is 0 Å². The lowest BCUT2D eigenvalue weighted by atomic mass is 9.90. The number of aromatic nitrogens is 14. The van der Waals surface area contributed by atoms with E-state index in [2.05, 4.69) is 85.6 Å². The first-order chi connectivity index (χ1) is 59.9. The van der Waals surface area contributed by atoms with E-state index in [1.54, 1.807) is 50.5 Å². The predicted octanol–water partition coefficient (Wildman–Crippen LogP) is 25.2. The summed E-state index contributed by atoms with van der Waals surface area (Å²) < 4.78 is 38.9. The van der Waals surface area contributed by atoms with E-state index in [4.69, 9.17) is 149 Å². The number of imidazole rings is 4. The van der Waals surface area contributed by atoms with E-state index in [1.165, 1.54) is 0 Å². The maximum Gasteiger partial charge on any atom is 0.212 e. The van der Waals surface area contributed by atoms with Gasteiger partial charge in [0.15, 0.2) is 33.6 Å². The highest BCUT2D eigenvalue weighted by Crippen LogP contribution is 2.51. The summed E-state index contributed by atoms with van der Waals surface area (Å²) >= 11 is 58.9. The lowest BCUT2D eigenvalue weighted by Gasteiger charge is -2.22. The number of ether oxygens (including phenoxy) is 5. The Bertz CT molecular complexity index is 6220. The maximum absolute atomic E-state index is 6.71. The van der Waals surface area contributed by atoms with Crippen molar-refractivity contribution in [1.29, 1.82) is 0 Å². The second-order valence-corrected chi connectivity index (χ2v) is 33.9. The molecule has 4 unspecified atom stereocenters. The van der Waals surface area contributed by atoms with Crippen LogP contribution in [-0.4, -0.2) is 101 Å². The van der Waals surface area contributed by atoms with E-state index in [1.807, 2.05) is 209 Å². The molecule has 33 heteroatoms. The number of nitrogens with two attached hydrogens (primary N) is 4. The normalized spacial score (nSPS) is 12.3. The van der Waals surface area contributed by atoms with Crippen LogP contribution >= 0.6 is 125 Å². The van der Waals surface area contributed by atoms with Crippen LogP contribution in [0.3, 0.4) is 0 Å². The second kappa shape index (κ2) is 39.6. The zero-order valence-corrected chi connectivity index (χ0v) is 79.8. The zero-order chi connectivity index (χ0) is 89.8. The molecular formula is C92H88Br2Cl8N18O5. The molecule has 23 nitrogen and oxygen atoms in total. The predicted molar refractivity (Wildman–Crippen MR) is 513 cm³/mol. The number of aryl methyl sites for hydroxylation is 1. The molecule has 6 aromatic carbocycles. The summed E-state index contributed by atoms with van der Waals surface area (Å²) in [6.07, 6.45) is 17.5. The van der Waals surface area contributed by atoms with Crippen LogP contribution in [0.25, 0.3) is 66.6 Å². The Kier molecular flexibility index (Phi) is 29.3. The molecule has 0 amide bonds. The van der Waals surface area contributed by atoms with Gasteiger partial charge in [0.25, 0.3) is 0 Å². The first-order valence-corrected chi connectivity index (χ1v) is 44.4. The number of nitrogen functional groups attached to an aromatic ring is 4. The molecule has 16 aromatic rings. The van der Waals surface area contributed by atoms with Gasteiger partial charge in [-0.3, -0.25) is 22.6 Å². The van der Waals surface area contributed by atoms with Gasteiger partial charge in [-0.05, 0) is 188 Å². The van der Waals surface area contributed by atoms with Crippen LogP contribution < -0.4 is 46.6 Å².